The van der Waals surface area contributed by atoms with Crippen LogP contribution < -0.4 is 0 Å². The number of rotatable bonds is 2. The third-order valence-corrected chi connectivity index (χ3v) is 4.29. The van der Waals surface area contributed by atoms with Gasteiger partial charge in [-0.3, -0.25) is 9.59 Å². The van der Waals surface area contributed by atoms with E-state index in [1.54, 1.807) is 14.0 Å². The predicted octanol–water partition coefficient (Wildman–Crippen LogP) is 2.19. The summed E-state index contributed by atoms with van der Waals surface area (Å²) in [6.45, 7) is 4.22. The van der Waals surface area contributed by atoms with E-state index in [0.717, 1.165) is 17.7 Å². The quantitative estimate of drug-likeness (QED) is 0.830. The molecule has 0 amide bonds. The number of hydrogen-bond donors (Lipinski definition) is 0. The van der Waals surface area contributed by atoms with Gasteiger partial charge in [0.2, 0.25) is 11.6 Å². The molecule has 0 radical (unpaired) electrons. The van der Waals surface area contributed by atoms with E-state index in [1.807, 2.05) is 11.5 Å². The second kappa shape index (κ2) is 4.31. The first-order valence-electron chi connectivity index (χ1n) is 6.62. The lowest BCUT2D eigenvalue weighted by molar-refractivity contribution is 0.0901. The zero-order chi connectivity index (χ0) is 14.6. The zero-order valence-electron chi connectivity index (χ0n) is 12.1. The number of carbonyl (C=O) groups excluding carboxylic acids is 2. The third-order valence-electron chi connectivity index (χ3n) is 4.29. The van der Waals surface area contributed by atoms with Gasteiger partial charge in [-0.2, -0.15) is 0 Å². The summed E-state index contributed by atoms with van der Waals surface area (Å²) in [5.41, 5.74) is 3.15. The van der Waals surface area contributed by atoms with E-state index in [0.29, 0.717) is 23.4 Å². The number of fused-ring (bicyclic) bond motifs is 3. The minimum absolute atomic E-state index is 0.0486. The molecule has 5 nitrogen and oxygen atoms in total. The van der Waals surface area contributed by atoms with Gasteiger partial charge in [0.05, 0.1) is 24.5 Å². The molecule has 0 saturated carbocycles. The maximum absolute atomic E-state index is 12.5. The van der Waals surface area contributed by atoms with Crippen molar-refractivity contribution >= 4 is 11.6 Å². The van der Waals surface area contributed by atoms with Gasteiger partial charge >= 0.3 is 0 Å². The van der Waals surface area contributed by atoms with Crippen LogP contribution >= 0.6 is 0 Å². The Kier molecular flexibility index (Phi) is 2.83. The van der Waals surface area contributed by atoms with E-state index >= 15 is 0 Å². The molecule has 0 aromatic carbocycles. The van der Waals surface area contributed by atoms with E-state index in [-0.39, 0.29) is 23.4 Å². The lowest BCUT2D eigenvalue weighted by Crippen LogP contribution is -2.23. The molecule has 1 aliphatic heterocycles. The van der Waals surface area contributed by atoms with Gasteiger partial charge in [-0.05, 0) is 25.8 Å². The Morgan fingerprint density at radius 2 is 1.85 bits per heavy atom. The van der Waals surface area contributed by atoms with Crippen LogP contribution in [0, 0.1) is 6.92 Å². The molecular weight excluding hydrogens is 258 g/mol. The summed E-state index contributed by atoms with van der Waals surface area (Å²) < 4.78 is 12.5. The number of carbonyl (C=O) groups is 2. The molecule has 1 aliphatic carbocycles. The Hall–Kier alpha value is -1.88. The topological polar surface area (TPSA) is 57.5 Å². The molecule has 5 heteroatoms. The SMILES string of the molecule is COC1=C(C)C(=O)c2c(c(C)c3n2CCC3OC)C1=O. The van der Waals surface area contributed by atoms with Crippen molar-refractivity contribution in [2.75, 3.05) is 14.2 Å². The van der Waals surface area contributed by atoms with Gasteiger partial charge in [0.25, 0.3) is 0 Å². The standard InChI is InChI=1S/C15H17NO4/c1-7-10-12(16-6-5-9(19-3)11(7)16)13(17)8(2)15(20-4)14(10)18/h9H,5-6H2,1-4H3. The number of methoxy groups -OCH3 is 2. The molecule has 0 bridgehead atoms. The fraction of sp³-hybridized carbons (Fsp3) is 0.467. The van der Waals surface area contributed by atoms with Crippen LogP contribution in [-0.4, -0.2) is 30.4 Å². The average molecular weight is 275 g/mol. The Morgan fingerprint density at radius 1 is 1.15 bits per heavy atom. The predicted molar refractivity (Wildman–Crippen MR) is 71.9 cm³/mol. The van der Waals surface area contributed by atoms with Gasteiger partial charge < -0.3 is 14.0 Å². The second-order valence-electron chi connectivity index (χ2n) is 5.22. The molecule has 0 saturated heterocycles. The van der Waals surface area contributed by atoms with E-state index in [2.05, 4.69) is 0 Å². The highest BCUT2D eigenvalue weighted by molar-refractivity contribution is 6.26. The summed E-state index contributed by atoms with van der Waals surface area (Å²) in [4.78, 5) is 25.1. The summed E-state index contributed by atoms with van der Waals surface area (Å²) in [5.74, 6) is -0.166. The molecular formula is C15H17NO4. The summed E-state index contributed by atoms with van der Waals surface area (Å²) >= 11 is 0. The first kappa shape index (κ1) is 13.1. The molecule has 1 atom stereocenters. The average Bonchev–Trinajstić information content (AvgIpc) is 2.96. The molecule has 1 unspecified atom stereocenters. The molecule has 106 valence electrons. The van der Waals surface area contributed by atoms with E-state index < -0.39 is 0 Å². The monoisotopic (exact) mass is 275 g/mol. The van der Waals surface area contributed by atoms with Gasteiger partial charge in [0, 0.05) is 19.2 Å². The Bertz CT molecular complexity index is 666. The minimum Gasteiger partial charge on any atom is -0.492 e. The maximum Gasteiger partial charge on any atom is 0.230 e. The fourth-order valence-electron chi connectivity index (χ4n) is 3.35. The Labute approximate surface area is 117 Å². The number of aromatic nitrogens is 1. The second-order valence-corrected chi connectivity index (χ2v) is 5.22. The summed E-state index contributed by atoms with van der Waals surface area (Å²) in [6, 6.07) is 0. The lowest BCUT2D eigenvalue weighted by Gasteiger charge is -2.17. The van der Waals surface area contributed by atoms with Crippen LogP contribution in [-0.2, 0) is 16.0 Å². The van der Waals surface area contributed by atoms with Crippen LogP contribution in [0.25, 0.3) is 0 Å². The molecule has 1 aromatic heterocycles. The number of ketones is 2. The third kappa shape index (κ3) is 1.41. The van der Waals surface area contributed by atoms with E-state index in [1.165, 1.54) is 7.11 Å². The van der Waals surface area contributed by atoms with Crippen LogP contribution in [0.1, 0.15) is 51.6 Å². The molecule has 0 spiro atoms. The number of nitrogens with zero attached hydrogens (tertiary/aromatic N) is 1. The number of Topliss-reactive ketones (excluding diaryl/α,β-unsaturated/α-hetero) is 2. The first-order valence-corrected chi connectivity index (χ1v) is 6.62. The molecule has 20 heavy (non-hydrogen) atoms. The minimum atomic E-state index is -0.200. The highest BCUT2D eigenvalue weighted by atomic mass is 16.5. The van der Waals surface area contributed by atoms with Crippen molar-refractivity contribution < 1.29 is 19.1 Å². The lowest BCUT2D eigenvalue weighted by atomic mass is 9.91. The van der Waals surface area contributed by atoms with Crippen LogP contribution in [0.15, 0.2) is 11.3 Å². The van der Waals surface area contributed by atoms with E-state index in [4.69, 9.17) is 9.47 Å². The van der Waals surface area contributed by atoms with Crippen LogP contribution in [0.5, 0.6) is 0 Å². The van der Waals surface area contributed by atoms with Crippen molar-refractivity contribution in [2.24, 2.45) is 0 Å². The normalized spacial score (nSPS) is 21.3. The highest BCUT2D eigenvalue weighted by Crippen LogP contribution is 2.40. The van der Waals surface area contributed by atoms with Crippen LogP contribution in [0.4, 0.5) is 0 Å². The van der Waals surface area contributed by atoms with Crippen molar-refractivity contribution in [1.82, 2.24) is 4.57 Å². The van der Waals surface area contributed by atoms with Crippen molar-refractivity contribution in [3.8, 4) is 0 Å². The van der Waals surface area contributed by atoms with E-state index in [9.17, 15) is 9.59 Å². The number of hydrogen-bond acceptors (Lipinski definition) is 4. The zero-order valence-corrected chi connectivity index (χ0v) is 12.1. The molecule has 1 aromatic rings. The van der Waals surface area contributed by atoms with Crippen LogP contribution in [0.3, 0.4) is 0 Å². The molecule has 3 rings (SSSR count). The van der Waals surface area contributed by atoms with Gasteiger partial charge in [0.1, 0.15) is 5.69 Å². The van der Waals surface area contributed by atoms with Gasteiger partial charge in [-0.1, -0.05) is 0 Å². The summed E-state index contributed by atoms with van der Waals surface area (Å²) in [7, 11) is 3.07. The smallest absolute Gasteiger partial charge is 0.230 e. The van der Waals surface area contributed by atoms with Gasteiger partial charge in [-0.15, -0.1) is 0 Å². The number of ether oxygens (including phenoxy) is 2. The van der Waals surface area contributed by atoms with Crippen LogP contribution in [0.2, 0.25) is 0 Å². The molecule has 0 N–H and O–H groups in total. The number of allylic oxidation sites excluding steroid dienone is 2. The molecule has 2 aliphatic rings. The Balaban J connectivity index is 2.28. The Morgan fingerprint density at radius 3 is 2.45 bits per heavy atom. The van der Waals surface area contributed by atoms with Crippen molar-refractivity contribution in [3.05, 3.63) is 33.8 Å². The largest absolute Gasteiger partial charge is 0.492 e. The first-order chi connectivity index (χ1) is 9.52. The van der Waals surface area contributed by atoms with Crippen molar-refractivity contribution in [3.63, 3.8) is 0 Å². The summed E-state index contributed by atoms with van der Waals surface area (Å²) in [6.07, 6.45) is 0.786. The molecule has 0 fully saturated rings. The fourth-order valence-corrected chi connectivity index (χ4v) is 3.35. The summed E-state index contributed by atoms with van der Waals surface area (Å²) in [5, 5.41) is 0. The van der Waals surface area contributed by atoms with Crippen molar-refractivity contribution in [2.45, 2.75) is 32.9 Å². The van der Waals surface area contributed by atoms with Gasteiger partial charge in [0.15, 0.2) is 5.76 Å². The maximum atomic E-state index is 12.5. The highest BCUT2D eigenvalue weighted by Gasteiger charge is 2.41. The van der Waals surface area contributed by atoms with Gasteiger partial charge in [-0.25, -0.2) is 0 Å². The van der Waals surface area contributed by atoms with Crippen molar-refractivity contribution in [1.29, 1.82) is 0 Å². The molecule has 2 heterocycles.